The Bertz CT molecular complexity index is 473. The first-order valence-electron chi connectivity index (χ1n) is 4.91. The molecule has 1 amide bonds. The Labute approximate surface area is 103 Å². The van der Waals surface area contributed by atoms with Crippen molar-refractivity contribution in [3.63, 3.8) is 0 Å². The van der Waals surface area contributed by atoms with Crippen molar-refractivity contribution in [1.82, 2.24) is 0 Å². The van der Waals surface area contributed by atoms with E-state index in [0.29, 0.717) is 18.9 Å². The van der Waals surface area contributed by atoms with Crippen molar-refractivity contribution in [1.29, 1.82) is 0 Å². The van der Waals surface area contributed by atoms with E-state index < -0.39 is 5.91 Å². The van der Waals surface area contributed by atoms with Gasteiger partial charge in [-0.15, -0.1) is 0 Å². The van der Waals surface area contributed by atoms with Crippen LogP contribution >= 0.6 is 11.6 Å². The van der Waals surface area contributed by atoms with Crippen molar-refractivity contribution >= 4 is 23.2 Å². The zero-order valence-electron chi connectivity index (χ0n) is 8.77. The van der Waals surface area contributed by atoms with E-state index in [9.17, 15) is 4.79 Å². The van der Waals surface area contributed by atoms with Crippen LogP contribution in [0.2, 0.25) is 5.02 Å². The molecule has 0 unspecified atom stereocenters. The number of rotatable bonds is 2. The molecule has 0 atom stereocenters. The molecule has 0 saturated carbocycles. The van der Waals surface area contributed by atoms with Gasteiger partial charge in [0.15, 0.2) is 0 Å². The van der Waals surface area contributed by atoms with Gasteiger partial charge in [0, 0.05) is 6.07 Å². The fourth-order valence-corrected chi connectivity index (χ4v) is 1.50. The first-order valence-corrected chi connectivity index (χ1v) is 5.29. The number of ether oxygens (including phenoxy) is 2. The van der Waals surface area contributed by atoms with Crippen LogP contribution in [0.5, 0.6) is 5.75 Å². The number of phenolic OH excluding ortho intramolecular Hbond substituents is 1. The molecule has 2 N–H and O–H groups in total. The van der Waals surface area contributed by atoms with Gasteiger partial charge in [-0.1, -0.05) is 11.6 Å². The van der Waals surface area contributed by atoms with Gasteiger partial charge in [0.2, 0.25) is 5.76 Å². The average molecular weight is 256 g/mol. The first-order chi connectivity index (χ1) is 8.16. The molecule has 1 aromatic rings. The van der Waals surface area contributed by atoms with Gasteiger partial charge < -0.3 is 19.9 Å². The molecule has 6 heteroatoms. The number of hydrogen-bond acceptors (Lipinski definition) is 4. The normalized spacial score (nSPS) is 14.3. The highest BCUT2D eigenvalue weighted by atomic mass is 35.5. The Balaban J connectivity index is 2.10. The van der Waals surface area contributed by atoms with E-state index in [1.54, 1.807) is 0 Å². The molecular formula is C11H10ClNO4. The van der Waals surface area contributed by atoms with Gasteiger partial charge in [0.1, 0.15) is 25.2 Å². The molecule has 90 valence electrons. The summed E-state index contributed by atoms with van der Waals surface area (Å²) in [4.78, 5) is 11.7. The van der Waals surface area contributed by atoms with Crippen LogP contribution in [0, 0.1) is 0 Å². The largest absolute Gasteiger partial charge is 0.508 e. The third kappa shape index (κ3) is 2.82. The molecule has 1 aromatic carbocycles. The fraction of sp³-hybridized carbons (Fsp3) is 0.182. The van der Waals surface area contributed by atoms with Crippen LogP contribution in [0.25, 0.3) is 0 Å². The van der Waals surface area contributed by atoms with E-state index in [1.165, 1.54) is 24.5 Å². The fourth-order valence-electron chi connectivity index (χ4n) is 1.28. The molecule has 0 fully saturated rings. The number of hydrogen-bond donors (Lipinski definition) is 2. The van der Waals surface area contributed by atoms with Crippen LogP contribution < -0.4 is 5.32 Å². The molecular weight excluding hydrogens is 246 g/mol. The highest BCUT2D eigenvalue weighted by Crippen LogP contribution is 2.26. The number of anilines is 1. The zero-order chi connectivity index (χ0) is 12.3. The van der Waals surface area contributed by atoms with Gasteiger partial charge in [0.25, 0.3) is 5.91 Å². The monoisotopic (exact) mass is 255 g/mol. The second-order valence-electron chi connectivity index (χ2n) is 3.32. The molecule has 0 aromatic heterocycles. The Morgan fingerprint density at radius 3 is 2.88 bits per heavy atom. The molecule has 0 saturated heterocycles. The van der Waals surface area contributed by atoms with Gasteiger partial charge in [-0.25, -0.2) is 0 Å². The molecule has 0 spiro atoms. The number of amides is 1. The van der Waals surface area contributed by atoms with E-state index in [-0.39, 0.29) is 16.5 Å². The van der Waals surface area contributed by atoms with Crippen molar-refractivity contribution in [3.8, 4) is 5.75 Å². The second-order valence-corrected chi connectivity index (χ2v) is 3.73. The maximum atomic E-state index is 11.7. The summed E-state index contributed by atoms with van der Waals surface area (Å²) in [6.45, 7) is 0.763. The van der Waals surface area contributed by atoms with Crippen LogP contribution in [0.1, 0.15) is 0 Å². The summed E-state index contributed by atoms with van der Waals surface area (Å²) in [6.07, 6.45) is 1.26. The van der Waals surface area contributed by atoms with Gasteiger partial charge in [-0.05, 0) is 12.1 Å². The number of carbonyl (C=O) groups excluding carboxylic acids is 1. The Hall–Kier alpha value is -1.88. The quantitative estimate of drug-likeness (QED) is 0.792. The van der Waals surface area contributed by atoms with E-state index in [0.717, 1.165) is 0 Å². The number of aromatic hydroxyl groups is 1. The number of carbonyl (C=O) groups is 1. The minimum absolute atomic E-state index is 0.0319. The first kappa shape index (κ1) is 11.6. The highest BCUT2D eigenvalue weighted by Gasteiger charge is 2.16. The molecule has 0 bridgehead atoms. The lowest BCUT2D eigenvalue weighted by atomic mass is 10.3. The smallest absolute Gasteiger partial charge is 0.294 e. The van der Waals surface area contributed by atoms with Crippen LogP contribution in [0.15, 0.2) is 30.2 Å². The molecule has 1 aliphatic heterocycles. The van der Waals surface area contributed by atoms with E-state index >= 15 is 0 Å². The van der Waals surface area contributed by atoms with Crippen LogP contribution in [0.3, 0.4) is 0 Å². The average Bonchev–Trinajstić information content (AvgIpc) is 2.34. The van der Waals surface area contributed by atoms with Crippen LogP contribution in [0.4, 0.5) is 5.69 Å². The predicted molar refractivity (Wildman–Crippen MR) is 61.7 cm³/mol. The maximum absolute atomic E-state index is 11.7. The van der Waals surface area contributed by atoms with Crippen LogP contribution in [-0.4, -0.2) is 24.2 Å². The third-order valence-electron chi connectivity index (χ3n) is 2.07. The second kappa shape index (κ2) is 4.97. The molecule has 17 heavy (non-hydrogen) atoms. The summed E-state index contributed by atoms with van der Waals surface area (Å²) in [6, 6.07) is 4.26. The summed E-state index contributed by atoms with van der Waals surface area (Å²) in [5.41, 5.74) is 0.393. The van der Waals surface area contributed by atoms with Crippen molar-refractivity contribution in [3.05, 3.63) is 35.2 Å². The lowest BCUT2D eigenvalue weighted by molar-refractivity contribution is -0.117. The number of phenols is 1. The van der Waals surface area contributed by atoms with Crippen molar-refractivity contribution in [2.45, 2.75) is 0 Å². The van der Waals surface area contributed by atoms with E-state index in [1.807, 2.05) is 0 Å². The molecule has 1 aliphatic rings. The standard InChI is InChI=1S/C11H10ClNO4/c12-8-5-7(14)1-2-9(8)13-11(15)10-6-16-3-4-17-10/h1-2,5-6,14H,3-4H2,(H,13,15). The predicted octanol–water partition coefficient (Wildman–Crippen LogP) is 1.87. The SMILES string of the molecule is O=C(Nc1ccc(O)cc1Cl)C1=COCCO1. The van der Waals surface area contributed by atoms with Gasteiger partial charge in [-0.3, -0.25) is 4.79 Å². The number of benzene rings is 1. The number of nitrogens with one attached hydrogen (secondary N) is 1. The lowest BCUT2D eigenvalue weighted by Crippen LogP contribution is -2.21. The minimum Gasteiger partial charge on any atom is -0.508 e. The van der Waals surface area contributed by atoms with Gasteiger partial charge in [0.05, 0.1) is 10.7 Å². The minimum atomic E-state index is -0.447. The Morgan fingerprint density at radius 1 is 1.41 bits per heavy atom. The van der Waals surface area contributed by atoms with Crippen molar-refractivity contribution in [2.75, 3.05) is 18.5 Å². The summed E-state index contributed by atoms with van der Waals surface area (Å²) < 4.78 is 10.1. The van der Waals surface area contributed by atoms with Crippen LogP contribution in [-0.2, 0) is 14.3 Å². The molecule has 1 heterocycles. The Morgan fingerprint density at radius 2 is 2.24 bits per heavy atom. The van der Waals surface area contributed by atoms with E-state index in [2.05, 4.69) is 5.32 Å². The Kier molecular flexibility index (Phi) is 3.39. The molecule has 0 aliphatic carbocycles. The molecule has 5 nitrogen and oxygen atoms in total. The third-order valence-corrected chi connectivity index (χ3v) is 2.39. The van der Waals surface area contributed by atoms with Crippen molar-refractivity contribution in [2.24, 2.45) is 0 Å². The summed E-state index contributed by atoms with van der Waals surface area (Å²) in [5.74, 6) is -0.317. The maximum Gasteiger partial charge on any atom is 0.294 e. The van der Waals surface area contributed by atoms with Gasteiger partial charge >= 0.3 is 0 Å². The number of halogens is 1. The summed E-state index contributed by atoms with van der Waals surface area (Å²) in [7, 11) is 0. The summed E-state index contributed by atoms with van der Waals surface area (Å²) >= 11 is 5.85. The van der Waals surface area contributed by atoms with Crippen molar-refractivity contribution < 1.29 is 19.4 Å². The summed E-state index contributed by atoms with van der Waals surface area (Å²) in [5, 5.41) is 12.0. The zero-order valence-corrected chi connectivity index (χ0v) is 9.53. The molecule has 0 radical (unpaired) electrons. The highest BCUT2D eigenvalue weighted by molar-refractivity contribution is 6.34. The topological polar surface area (TPSA) is 67.8 Å². The molecule has 2 rings (SSSR count). The van der Waals surface area contributed by atoms with Gasteiger partial charge in [-0.2, -0.15) is 0 Å². The lowest BCUT2D eigenvalue weighted by Gasteiger charge is -2.15. The van der Waals surface area contributed by atoms with E-state index in [4.69, 9.17) is 26.2 Å².